The molecule has 4 rings (SSSR count). The number of hydrogen-bond acceptors (Lipinski definition) is 10. The van der Waals surface area contributed by atoms with E-state index in [-0.39, 0.29) is 18.3 Å². The molecule has 0 unspecified atom stereocenters. The fourth-order valence-corrected chi connectivity index (χ4v) is 4.42. The highest BCUT2D eigenvalue weighted by atomic mass is 16.5. The highest BCUT2D eigenvalue weighted by Crippen LogP contribution is 2.42. The molecule has 1 saturated heterocycles. The van der Waals surface area contributed by atoms with Gasteiger partial charge < -0.3 is 33.2 Å². The first kappa shape index (κ1) is 25.9. The number of nitrogens with one attached hydrogen (secondary N) is 1. The van der Waals surface area contributed by atoms with E-state index in [0.717, 1.165) is 0 Å². The van der Waals surface area contributed by atoms with E-state index in [4.69, 9.17) is 28.4 Å². The van der Waals surface area contributed by atoms with Gasteiger partial charge in [-0.1, -0.05) is 0 Å². The quantitative estimate of drug-likeness (QED) is 0.431. The highest BCUT2D eigenvalue weighted by Gasteiger charge is 2.43. The third-order valence-electron chi connectivity index (χ3n) is 6.26. The first-order valence-electron chi connectivity index (χ1n) is 11.8. The van der Waals surface area contributed by atoms with Crippen molar-refractivity contribution in [3.8, 4) is 17.2 Å². The minimum Gasteiger partial charge on any atom is -0.493 e. The van der Waals surface area contributed by atoms with Crippen molar-refractivity contribution in [1.29, 1.82) is 0 Å². The maximum absolute atomic E-state index is 13.2. The summed E-state index contributed by atoms with van der Waals surface area (Å²) in [5.41, 5.74) is 0.520. The summed E-state index contributed by atoms with van der Waals surface area (Å²) in [4.78, 5) is 47.0. The normalized spacial score (nSPS) is 19.6. The van der Waals surface area contributed by atoms with Crippen LogP contribution in [0.25, 0.3) is 0 Å². The maximum atomic E-state index is 13.2. The van der Waals surface area contributed by atoms with Crippen LogP contribution in [-0.2, 0) is 14.3 Å². The molecule has 1 aromatic heterocycles. The molecule has 2 aliphatic heterocycles. The predicted octanol–water partition coefficient (Wildman–Crippen LogP) is 1.47. The number of amides is 2. The average molecular weight is 515 g/mol. The van der Waals surface area contributed by atoms with E-state index < -0.39 is 23.8 Å². The van der Waals surface area contributed by atoms with E-state index in [1.54, 1.807) is 36.1 Å². The lowest BCUT2D eigenvalue weighted by atomic mass is 9.90. The molecular weight excluding hydrogens is 484 g/mol. The summed E-state index contributed by atoms with van der Waals surface area (Å²) in [6, 6.07) is 5.71. The van der Waals surface area contributed by atoms with Crippen molar-refractivity contribution in [2.75, 3.05) is 54.1 Å². The molecule has 2 aliphatic rings. The Morgan fingerprint density at radius 1 is 1.08 bits per heavy atom. The molecular formula is C25H30N4O8. The zero-order valence-corrected chi connectivity index (χ0v) is 21.2. The maximum Gasteiger partial charge on any atom is 0.321 e. The molecule has 198 valence electrons. The molecule has 12 heteroatoms. The van der Waals surface area contributed by atoms with Gasteiger partial charge in [-0.25, -0.2) is 4.99 Å². The predicted molar refractivity (Wildman–Crippen MR) is 131 cm³/mol. The van der Waals surface area contributed by atoms with Gasteiger partial charge in [0.15, 0.2) is 23.2 Å². The van der Waals surface area contributed by atoms with Crippen LogP contribution in [0.3, 0.4) is 0 Å². The van der Waals surface area contributed by atoms with Crippen molar-refractivity contribution in [2.45, 2.75) is 13.0 Å². The number of benzene rings is 1. The Kier molecular flexibility index (Phi) is 7.85. The van der Waals surface area contributed by atoms with Crippen LogP contribution in [0.4, 0.5) is 0 Å². The lowest BCUT2D eigenvalue weighted by molar-refractivity contribution is -0.153. The van der Waals surface area contributed by atoms with Crippen molar-refractivity contribution >= 4 is 23.7 Å². The lowest BCUT2D eigenvalue weighted by Gasteiger charge is -2.38. The fourth-order valence-electron chi connectivity index (χ4n) is 4.42. The summed E-state index contributed by atoms with van der Waals surface area (Å²) in [6.07, 6.45) is 1.46. The molecule has 37 heavy (non-hydrogen) atoms. The second-order valence-electron chi connectivity index (χ2n) is 8.33. The molecule has 3 heterocycles. The molecule has 0 radical (unpaired) electrons. The number of hydrogen-bond donors (Lipinski definition) is 1. The van der Waals surface area contributed by atoms with Gasteiger partial charge in [0.25, 0.3) is 5.91 Å². The number of esters is 1. The van der Waals surface area contributed by atoms with Gasteiger partial charge in [0.1, 0.15) is 6.04 Å². The Balaban J connectivity index is 1.64. The van der Waals surface area contributed by atoms with E-state index in [2.05, 4.69) is 5.32 Å². The number of guanidine groups is 1. The first-order chi connectivity index (χ1) is 17.9. The third-order valence-corrected chi connectivity index (χ3v) is 6.26. The molecule has 0 saturated carbocycles. The Labute approximate surface area is 214 Å². The second kappa shape index (κ2) is 11.2. The minimum atomic E-state index is -1.21. The van der Waals surface area contributed by atoms with Crippen LogP contribution in [0.15, 0.2) is 39.9 Å². The Bertz CT molecular complexity index is 1150. The zero-order chi connectivity index (χ0) is 26.5. The number of ether oxygens (including phenoxy) is 4. The summed E-state index contributed by atoms with van der Waals surface area (Å²) in [5, 5.41) is 2.75. The summed E-state index contributed by atoms with van der Waals surface area (Å²) < 4.78 is 26.7. The summed E-state index contributed by atoms with van der Waals surface area (Å²) in [5.74, 6) is -0.925. The van der Waals surface area contributed by atoms with Gasteiger partial charge in [0, 0.05) is 26.2 Å². The second-order valence-corrected chi connectivity index (χ2v) is 8.33. The van der Waals surface area contributed by atoms with Gasteiger partial charge >= 0.3 is 5.97 Å². The SMILES string of the molecule is CCOC(=O)[C@@H]1C(=O)NC(N2CCN(C(=O)c3ccco3)CC2)=N[C@@H]1c1cc(OC)c(OC)c(OC)c1. The van der Waals surface area contributed by atoms with Crippen LogP contribution in [0.1, 0.15) is 29.1 Å². The van der Waals surface area contributed by atoms with Crippen LogP contribution in [0.5, 0.6) is 17.2 Å². The number of piperazine rings is 1. The van der Waals surface area contributed by atoms with E-state index in [1.807, 2.05) is 4.90 Å². The third kappa shape index (κ3) is 5.18. The van der Waals surface area contributed by atoms with Gasteiger partial charge in [-0.05, 0) is 36.8 Å². The standard InChI is InChI=1S/C25H30N4O8/c1-5-36-24(32)19-20(15-13-17(33-2)21(35-4)18(14-15)34-3)26-25(27-22(19)30)29-10-8-28(9-11-29)23(31)16-7-6-12-37-16/h6-7,12-14,19-20H,5,8-11H2,1-4H3,(H,26,27,30)/t19-,20+/m0/s1. The molecule has 0 bridgehead atoms. The number of carbonyl (C=O) groups excluding carboxylic acids is 3. The number of nitrogens with zero attached hydrogens (tertiary/aromatic N) is 3. The van der Waals surface area contributed by atoms with E-state index >= 15 is 0 Å². The molecule has 2 amide bonds. The Hall–Kier alpha value is -4.22. The molecule has 1 fully saturated rings. The Morgan fingerprint density at radius 2 is 1.76 bits per heavy atom. The van der Waals surface area contributed by atoms with E-state index in [1.165, 1.54) is 27.6 Å². The monoisotopic (exact) mass is 514 g/mol. The number of rotatable bonds is 7. The van der Waals surface area contributed by atoms with Crippen LogP contribution in [0.2, 0.25) is 0 Å². The van der Waals surface area contributed by atoms with Crippen LogP contribution in [-0.4, -0.2) is 87.7 Å². The number of aliphatic imine (C=N–C) groups is 1. The summed E-state index contributed by atoms with van der Waals surface area (Å²) in [7, 11) is 4.45. The number of furan rings is 1. The molecule has 0 spiro atoms. The van der Waals surface area contributed by atoms with Crippen molar-refractivity contribution in [2.24, 2.45) is 10.9 Å². The number of methoxy groups -OCH3 is 3. The molecule has 1 aromatic carbocycles. The molecule has 1 N–H and O–H groups in total. The van der Waals surface area contributed by atoms with Gasteiger partial charge in [0.2, 0.25) is 17.6 Å². The van der Waals surface area contributed by atoms with Gasteiger partial charge in [-0.15, -0.1) is 0 Å². The van der Waals surface area contributed by atoms with Gasteiger partial charge in [-0.3, -0.25) is 19.7 Å². The molecule has 2 atom stereocenters. The van der Waals surface area contributed by atoms with Crippen molar-refractivity contribution in [3.63, 3.8) is 0 Å². The smallest absolute Gasteiger partial charge is 0.321 e. The fraction of sp³-hybridized carbons (Fsp3) is 0.440. The van der Waals surface area contributed by atoms with Gasteiger partial charge in [-0.2, -0.15) is 0 Å². The molecule has 12 nitrogen and oxygen atoms in total. The van der Waals surface area contributed by atoms with E-state index in [9.17, 15) is 14.4 Å². The van der Waals surface area contributed by atoms with E-state index in [0.29, 0.717) is 55.0 Å². The topological polar surface area (TPSA) is 132 Å². The Morgan fingerprint density at radius 3 is 2.30 bits per heavy atom. The zero-order valence-electron chi connectivity index (χ0n) is 21.2. The summed E-state index contributed by atoms with van der Waals surface area (Å²) >= 11 is 0. The number of carbonyl (C=O) groups is 3. The van der Waals surface area contributed by atoms with Crippen LogP contribution in [0, 0.1) is 5.92 Å². The van der Waals surface area contributed by atoms with Crippen molar-refractivity contribution < 1.29 is 37.7 Å². The summed E-state index contributed by atoms with van der Waals surface area (Å²) in [6.45, 7) is 3.46. The van der Waals surface area contributed by atoms with Crippen molar-refractivity contribution in [3.05, 3.63) is 41.9 Å². The van der Waals surface area contributed by atoms with Crippen LogP contribution >= 0.6 is 0 Å². The van der Waals surface area contributed by atoms with Crippen LogP contribution < -0.4 is 19.5 Å². The van der Waals surface area contributed by atoms with Crippen molar-refractivity contribution in [1.82, 2.24) is 15.1 Å². The average Bonchev–Trinajstić information content (AvgIpc) is 3.46. The largest absolute Gasteiger partial charge is 0.493 e. The lowest BCUT2D eigenvalue weighted by Crippen LogP contribution is -2.58. The minimum absolute atomic E-state index is 0.118. The van der Waals surface area contributed by atoms with Gasteiger partial charge in [0.05, 0.1) is 34.2 Å². The highest BCUT2D eigenvalue weighted by molar-refractivity contribution is 6.08. The molecule has 2 aromatic rings. The first-order valence-corrected chi connectivity index (χ1v) is 11.8. The molecule has 0 aliphatic carbocycles.